The molecule has 1 aromatic carbocycles. The number of nitrogen functional groups attached to an aromatic ring is 1. The van der Waals surface area contributed by atoms with Gasteiger partial charge in [0.15, 0.2) is 11.5 Å². The lowest BCUT2D eigenvalue weighted by Gasteiger charge is -2.43. The summed E-state index contributed by atoms with van der Waals surface area (Å²) in [5, 5.41) is 9.71. The average molecular weight is 561 g/mol. The number of pyridine rings is 1. The van der Waals surface area contributed by atoms with E-state index in [0.717, 1.165) is 47.3 Å². The summed E-state index contributed by atoms with van der Waals surface area (Å²) in [5.41, 5.74) is 9.35. The molecule has 5 heterocycles. The number of fused-ring (bicyclic) bond motifs is 1. The highest BCUT2D eigenvalue weighted by Crippen LogP contribution is 2.36. The molecule has 2 fully saturated rings. The van der Waals surface area contributed by atoms with Crippen molar-refractivity contribution in [3.8, 4) is 22.5 Å². The molecule has 0 bridgehead atoms. The van der Waals surface area contributed by atoms with E-state index in [1.165, 1.54) is 6.33 Å². The Morgan fingerprint density at radius 3 is 2.62 bits per heavy atom. The number of aromatic nitrogens is 5. The lowest BCUT2D eigenvalue weighted by molar-refractivity contribution is -0.150. The minimum atomic E-state index is -0.489. The molecule has 6 rings (SSSR count). The Morgan fingerprint density at radius 1 is 1.05 bits per heavy atom. The number of halogens is 1. The Kier molecular flexibility index (Phi) is 5.96. The van der Waals surface area contributed by atoms with Gasteiger partial charge in [0.25, 0.3) is 0 Å². The zero-order chi connectivity index (χ0) is 25.6. The number of nitrogens with zero attached hydrogens (tertiary/aromatic N) is 7. The molecule has 188 valence electrons. The van der Waals surface area contributed by atoms with E-state index in [9.17, 15) is 4.79 Å². The quantitative estimate of drug-likeness (QED) is 0.399. The monoisotopic (exact) mass is 560 g/mol. The Morgan fingerprint density at radius 2 is 1.89 bits per heavy atom. The number of carbonyl (C=O) groups is 1. The summed E-state index contributed by atoms with van der Waals surface area (Å²) in [6.07, 6.45) is 2.89. The van der Waals surface area contributed by atoms with Crippen LogP contribution in [0.4, 0.5) is 11.6 Å². The topological polar surface area (TPSA) is 123 Å². The van der Waals surface area contributed by atoms with Crippen molar-refractivity contribution >= 4 is 44.5 Å². The molecule has 0 atom stereocenters. The van der Waals surface area contributed by atoms with E-state index in [1.54, 1.807) is 6.92 Å². The van der Waals surface area contributed by atoms with Crippen LogP contribution in [0.1, 0.15) is 19.8 Å². The Labute approximate surface area is 222 Å². The predicted octanol–water partition coefficient (Wildman–Crippen LogP) is 3.67. The molecular formula is C26H25BrN8O2. The van der Waals surface area contributed by atoms with Crippen molar-refractivity contribution in [1.82, 2.24) is 30.0 Å². The minimum absolute atomic E-state index is 0.0623. The van der Waals surface area contributed by atoms with Crippen molar-refractivity contribution < 1.29 is 9.53 Å². The second-order valence-electron chi connectivity index (χ2n) is 9.25. The SMILES string of the molecule is CC(=O)N1CCOC12CCN(c1ccc(-c3cc(-c4cccc(Br)c4)c4c(N)ncnc4n3)nn1)CC2. The van der Waals surface area contributed by atoms with Gasteiger partial charge in [-0.25, -0.2) is 15.0 Å². The summed E-state index contributed by atoms with van der Waals surface area (Å²) in [5.74, 6) is 1.22. The second-order valence-corrected chi connectivity index (χ2v) is 10.2. The number of rotatable bonds is 3. The molecule has 2 N–H and O–H groups in total. The third kappa shape index (κ3) is 4.27. The highest BCUT2D eigenvalue weighted by atomic mass is 79.9. The molecule has 2 aliphatic heterocycles. The standard InChI is InChI=1S/C26H25BrN8O2/c1-16(36)35-11-12-37-26(35)7-9-34(10-8-26)22-6-5-20(32-33-22)21-14-19(17-3-2-4-18(27)13-17)23-24(28)29-15-30-25(23)31-21/h2-6,13-15H,7-12H2,1H3,(H2,28,29,30,31). The fourth-order valence-corrected chi connectivity index (χ4v) is 5.68. The number of amides is 1. The summed E-state index contributed by atoms with van der Waals surface area (Å²) in [6, 6.07) is 13.8. The zero-order valence-electron chi connectivity index (χ0n) is 20.3. The van der Waals surface area contributed by atoms with E-state index in [-0.39, 0.29) is 5.91 Å². The Balaban J connectivity index is 1.29. The molecule has 0 aliphatic carbocycles. The summed E-state index contributed by atoms with van der Waals surface area (Å²) >= 11 is 3.55. The van der Waals surface area contributed by atoms with Crippen molar-refractivity contribution in [3.63, 3.8) is 0 Å². The summed E-state index contributed by atoms with van der Waals surface area (Å²) < 4.78 is 6.98. The van der Waals surface area contributed by atoms with Gasteiger partial charge in [-0.05, 0) is 41.5 Å². The van der Waals surface area contributed by atoms with Crippen molar-refractivity contribution in [2.24, 2.45) is 0 Å². The van der Waals surface area contributed by atoms with Crippen LogP contribution < -0.4 is 10.6 Å². The molecule has 3 aromatic heterocycles. The van der Waals surface area contributed by atoms with Crippen LogP contribution in [-0.2, 0) is 9.53 Å². The lowest BCUT2D eigenvalue weighted by atomic mass is 9.98. The van der Waals surface area contributed by atoms with Gasteiger partial charge in [-0.1, -0.05) is 28.1 Å². The lowest BCUT2D eigenvalue weighted by Crippen LogP contribution is -2.54. The number of piperidine rings is 1. The van der Waals surface area contributed by atoms with Crippen molar-refractivity contribution in [2.75, 3.05) is 36.9 Å². The van der Waals surface area contributed by atoms with Gasteiger partial charge in [0.2, 0.25) is 5.91 Å². The summed E-state index contributed by atoms with van der Waals surface area (Å²) in [4.78, 5) is 29.4. The maximum atomic E-state index is 12.1. The smallest absolute Gasteiger partial charge is 0.221 e. The predicted molar refractivity (Wildman–Crippen MR) is 143 cm³/mol. The van der Waals surface area contributed by atoms with E-state index in [4.69, 9.17) is 15.5 Å². The van der Waals surface area contributed by atoms with E-state index in [0.29, 0.717) is 41.4 Å². The van der Waals surface area contributed by atoms with Crippen molar-refractivity contribution in [3.05, 3.63) is 53.3 Å². The zero-order valence-corrected chi connectivity index (χ0v) is 21.8. The van der Waals surface area contributed by atoms with E-state index >= 15 is 0 Å². The third-order valence-corrected chi connectivity index (χ3v) is 7.60. The molecular weight excluding hydrogens is 536 g/mol. The number of anilines is 2. The number of carbonyl (C=O) groups excluding carboxylic acids is 1. The normalized spacial score (nSPS) is 17.0. The Hall–Kier alpha value is -3.70. The second kappa shape index (κ2) is 9.31. The van der Waals surface area contributed by atoms with Crippen LogP contribution in [0.3, 0.4) is 0 Å². The molecule has 0 radical (unpaired) electrons. The molecule has 1 spiro atoms. The van der Waals surface area contributed by atoms with Gasteiger partial charge in [-0.15, -0.1) is 10.2 Å². The first-order valence-electron chi connectivity index (χ1n) is 12.1. The molecule has 2 aliphatic rings. The molecule has 0 unspecified atom stereocenters. The molecule has 11 heteroatoms. The van der Waals surface area contributed by atoms with Gasteiger partial charge in [-0.3, -0.25) is 4.79 Å². The minimum Gasteiger partial charge on any atom is -0.383 e. The molecule has 2 saturated heterocycles. The molecule has 4 aromatic rings. The van der Waals surface area contributed by atoms with E-state index in [2.05, 4.69) is 41.0 Å². The molecule has 0 saturated carbocycles. The van der Waals surface area contributed by atoms with Gasteiger partial charge in [0.05, 0.1) is 17.7 Å². The number of nitrogens with two attached hydrogens (primary N) is 1. The van der Waals surface area contributed by atoms with Gasteiger partial charge < -0.3 is 20.3 Å². The van der Waals surface area contributed by atoms with Crippen LogP contribution in [0.25, 0.3) is 33.5 Å². The van der Waals surface area contributed by atoms with Crippen LogP contribution >= 0.6 is 15.9 Å². The van der Waals surface area contributed by atoms with E-state index < -0.39 is 5.72 Å². The number of hydrogen-bond donors (Lipinski definition) is 1. The fourth-order valence-electron chi connectivity index (χ4n) is 5.29. The van der Waals surface area contributed by atoms with Crippen LogP contribution in [0, 0.1) is 0 Å². The largest absolute Gasteiger partial charge is 0.383 e. The first kappa shape index (κ1) is 23.7. The van der Waals surface area contributed by atoms with Crippen LogP contribution in [0.15, 0.2) is 53.3 Å². The van der Waals surface area contributed by atoms with Gasteiger partial charge in [-0.2, -0.15) is 0 Å². The number of ether oxygens (including phenoxy) is 1. The van der Waals surface area contributed by atoms with Gasteiger partial charge in [0.1, 0.15) is 23.6 Å². The maximum Gasteiger partial charge on any atom is 0.221 e. The maximum absolute atomic E-state index is 12.1. The van der Waals surface area contributed by atoms with Crippen LogP contribution in [0.5, 0.6) is 0 Å². The van der Waals surface area contributed by atoms with Crippen molar-refractivity contribution in [1.29, 1.82) is 0 Å². The van der Waals surface area contributed by atoms with E-state index in [1.807, 2.05) is 47.4 Å². The Bertz CT molecular complexity index is 1490. The molecule has 1 amide bonds. The molecule has 10 nitrogen and oxygen atoms in total. The van der Waals surface area contributed by atoms with Crippen LogP contribution in [-0.4, -0.2) is 67.9 Å². The number of benzene rings is 1. The summed E-state index contributed by atoms with van der Waals surface area (Å²) in [6.45, 7) is 4.31. The molecule has 37 heavy (non-hydrogen) atoms. The fraction of sp³-hybridized carbons (Fsp3) is 0.308. The highest BCUT2D eigenvalue weighted by Gasteiger charge is 2.46. The summed E-state index contributed by atoms with van der Waals surface area (Å²) in [7, 11) is 0. The third-order valence-electron chi connectivity index (χ3n) is 7.11. The van der Waals surface area contributed by atoms with Crippen molar-refractivity contribution in [2.45, 2.75) is 25.5 Å². The van der Waals surface area contributed by atoms with Gasteiger partial charge in [0, 0.05) is 43.9 Å². The average Bonchev–Trinajstić information content (AvgIpc) is 3.32. The first-order valence-corrected chi connectivity index (χ1v) is 12.9. The number of hydrogen-bond acceptors (Lipinski definition) is 9. The first-order chi connectivity index (χ1) is 17.9. The van der Waals surface area contributed by atoms with Crippen LogP contribution in [0.2, 0.25) is 0 Å². The highest BCUT2D eigenvalue weighted by molar-refractivity contribution is 9.10. The van der Waals surface area contributed by atoms with Gasteiger partial charge >= 0.3 is 0 Å².